The first-order chi connectivity index (χ1) is 9.20. The number of hydrogen-bond acceptors (Lipinski definition) is 2. The Morgan fingerprint density at radius 1 is 1.21 bits per heavy atom. The Bertz CT molecular complexity index is 704. The van der Waals surface area contributed by atoms with Crippen LogP contribution in [-0.4, -0.2) is 9.38 Å². The lowest BCUT2D eigenvalue weighted by Gasteiger charge is -2.03. The van der Waals surface area contributed by atoms with Crippen molar-refractivity contribution in [1.82, 2.24) is 9.38 Å². The summed E-state index contributed by atoms with van der Waals surface area (Å²) in [6, 6.07) is 12.0. The van der Waals surface area contributed by atoms with Crippen LogP contribution in [0.2, 0.25) is 0 Å². The SMILES string of the molecule is Cc1ccc(OCc2cn3ccc(Br)cc3n2)cc1. The maximum Gasteiger partial charge on any atom is 0.138 e. The minimum atomic E-state index is 0.475. The summed E-state index contributed by atoms with van der Waals surface area (Å²) in [4.78, 5) is 4.51. The molecule has 0 saturated carbocycles. The van der Waals surface area contributed by atoms with Gasteiger partial charge in [0.15, 0.2) is 0 Å². The highest BCUT2D eigenvalue weighted by molar-refractivity contribution is 9.10. The predicted octanol–water partition coefficient (Wildman–Crippen LogP) is 3.98. The van der Waals surface area contributed by atoms with Crippen LogP contribution in [0.25, 0.3) is 5.65 Å². The molecule has 0 radical (unpaired) electrons. The summed E-state index contributed by atoms with van der Waals surface area (Å²) in [7, 11) is 0. The van der Waals surface area contributed by atoms with Gasteiger partial charge >= 0.3 is 0 Å². The number of hydrogen-bond donors (Lipinski definition) is 0. The number of benzene rings is 1. The molecule has 2 aromatic heterocycles. The van der Waals surface area contributed by atoms with E-state index in [1.54, 1.807) is 0 Å². The molecule has 0 aliphatic heterocycles. The van der Waals surface area contributed by atoms with Gasteiger partial charge in [0.1, 0.15) is 18.0 Å². The Kier molecular flexibility index (Phi) is 3.25. The number of pyridine rings is 1. The van der Waals surface area contributed by atoms with Gasteiger partial charge in [-0.2, -0.15) is 0 Å². The monoisotopic (exact) mass is 316 g/mol. The number of aromatic nitrogens is 2. The molecule has 0 N–H and O–H groups in total. The first-order valence-electron chi connectivity index (χ1n) is 6.03. The van der Waals surface area contributed by atoms with Crippen molar-refractivity contribution >= 4 is 21.6 Å². The Labute approximate surface area is 120 Å². The zero-order valence-corrected chi connectivity index (χ0v) is 12.1. The third-order valence-electron chi connectivity index (χ3n) is 2.88. The topological polar surface area (TPSA) is 26.5 Å². The van der Waals surface area contributed by atoms with Crippen LogP contribution >= 0.6 is 15.9 Å². The van der Waals surface area contributed by atoms with Crippen LogP contribution < -0.4 is 4.74 Å². The van der Waals surface area contributed by atoms with E-state index in [0.29, 0.717) is 6.61 Å². The van der Waals surface area contributed by atoms with Gasteiger partial charge in [-0.15, -0.1) is 0 Å². The van der Waals surface area contributed by atoms with Gasteiger partial charge in [-0.1, -0.05) is 33.6 Å². The number of fused-ring (bicyclic) bond motifs is 1. The molecule has 0 spiro atoms. The second kappa shape index (κ2) is 5.05. The summed E-state index contributed by atoms with van der Waals surface area (Å²) < 4.78 is 8.73. The van der Waals surface area contributed by atoms with Crippen molar-refractivity contribution in [2.45, 2.75) is 13.5 Å². The number of rotatable bonds is 3. The molecule has 96 valence electrons. The van der Waals surface area contributed by atoms with Crippen LogP contribution in [0.4, 0.5) is 0 Å². The van der Waals surface area contributed by atoms with Gasteiger partial charge in [-0.3, -0.25) is 0 Å². The van der Waals surface area contributed by atoms with Crippen molar-refractivity contribution < 1.29 is 4.74 Å². The quantitative estimate of drug-likeness (QED) is 0.730. The van der Waals surface area contributed by atoms with E-state index in [1.807, 2.05) is 53.2 Å². The van der Waals surface area contributed by atoms with E-state index in [2.05, 4.69) is 27.8 Å². The summed E-state index contributed by atoms with van der Waals surface area (Å²) in [5, 5.41) is 0. The van der Waals surface area contributed by atoms with Gasteiger partial charge in [0, 0.05) is 16.9 Å². The van der Waals surface area contributed by atoms with Crippen LogP contribution in [0.5, 0.6) is 5.75 Å². The van der Waals surface area contributed by atoms with Crippen LogP contribution in [-0.2, 0) is 6.61 Å². The summed E-state index contributed by atoms with van der Waals surface area (Å²) in [5.74, 6) is 0.865. The van der Waals surface area contributed by atoms with Crippen LogP contribution in [0.3, 0.4) is 0 Å². The average Bonchev–Trinajstić information content (AvgIpc) is 2.80. The predicted molar refractivity (Wildman–Crippen MR) is 78.4 cm³/mol. The molecule has 4 heteroatoms. The van der Waals surface area contributed by atoms with Gasteiger partial charge in [0.25, 0.3) is 0 Å². The van der Waals surface area contributed by atoms with E-state index in [9.17, 15) is 0 Å². The summed E-state index contributed by atoms with van der Waals surface area (Å²) in [6.07, 6.45) is 3.96. The molecular weight excluding hydrogens is 304 g/mol. The minimum absolute atomic E-state index is 0.475. The molecule has 0 fully saturated rings. The van der Waals surface area contributed by atoms with E-state index < -0.39 is 0 Å². The smallest absolute Gasteiger partial charge is 0.138 e. The summed E-state index contributed by atoms with van der Waals surface area (Å²) in [6.45, 7) is 2.53. The molecule has 0 bridgehead atoms. The second-order valence-electron chi connectivity index (χ2n) is 4.44. The molecule has 1 aromatic carbocycles. The lowest BCUT2D eigenvalue weighted by Crippen LogP contribution is -1.95. The number of ether oxygens (including phenoxy) is 1. The number of halogens is 1. The molecule has 3 nitrogen and oxygen atoms in total. The van der Waals surface area contributed by atoms with Crippen molar-refractivity contribution in [3.05, 3.63) is 64.5 Å². The number of aryl methyl sites for hydroxylation is 1. The number of imidazole rings is 1. The molecular formula is C15H13BrN2O. The largest absolute Gasteiger partial charge is 0.487 e. The molecule has 19 heavy (non-hydrogen) atoms. The van der Waals surface area contributed by atoms with Gasteiger partial charge < -0.3 is 9.14 Å². The van der Waals surface area contributed by atoms with Gasteiger partial charge in [-0.05, 0) is 31.2 Å². The molecule has 0 aliphatic rings. The Hall–Kier alpha value is -1.81. The summed E-state index contributed by atoms with van der Waals surface area (Å²) in [5.41, 5.74) is 3.06. The van der Waals surface area contributed by atoms with E-state index in [4.69, 9.17) is 4.74 Å². The van der Waals surface area contributed by atoms with Gasteiger partial charge in [0.05, 0.1) is 5.69 Å². The van der Waals surface area contributed by atoms with Crippen LogP contribution in [0.15, 0.2) is 53.3 Å². The Morgan fingerprint density at radius 2 is 2.00 bits per heavy atom. The third-order valence-corrected chi connectivity index (χ3v) is 3.37. The zero-order chi connectivity index (χ0) is 13.2. The lowest BCUT2D eigenvalue weighted by atomic mass is 10.2. The number of nitrogens with zero attached hydrogens (tertiary/aromatic N) is 2. The summed E-state index contributed by atoms with van der Waals surface area (Å²) >= 11 is 3.44. The minimum Gasteiger partial charge on any atom is -0.487 e. The average molecular weight is 317 g/mol. The Balaban J connectivity index is 1.76. The Morgan fingerprint density at radius 3 is 2.79 bits per heavy atom. The molecule has 0 saturated heterocycles. The lowest BCUT2D eigenvalue weighted by molar-refractivity contribution is 0.302. The standard InChI is InChI=1S/C15H13BrN2O/c1-11-2-4-14(5-3-11)19-10-13-9-18-7-6-12(16)8-15(18)17-13/h2-9H,10H2,1H3. The fraction of sp³-hybridized carbons (Fsp3) is 0.133. The third kappa shape index (κ3) is 2.79. The highest BCUT2D eigenvalue weighted by atomic mass is 79.9. The van der Waals surface area contributed by atoms with E-state index in [0.717, 1.165) is 21.6 Å². The van der Waals surface area contributed by atoms with Gasteiger partial charge in [0.2, 0.25) is 0 Å². The molecule has 0 atom stereocenters. The fourth-order valence-electron chi connectivity index (χ4n) is 1.87. The van der Waals surface area contributed by atoms with Crippen molar-refractivity contribution in [2.75, 3.05) is 0 Å². The molecule has 0 amide bonds. The second-order valence-corrected chi connectivity index (χ2v) is 5.36. The normalized spacial score (nSPS) is 10.8. The maximum atomic E-state index is 5.72. The zero-order valence-electron chi connectivity index (χ0n) is 10.5. The van der Waals surface area contributed by atoms with E-state index >= 15 is 0 Å². The highest BCUT2D eigenvalue weighted by Gasteiger charge is 2.03. The van der Waals surface area contributed by atoms with Crippen molar-refractivity contribution in [3.8, 4) is 5.75 Å². The molecule has 0 aliphatic carbocycles. The van der Waals surface area contributed by atoms with Crippen LogP contribution in [0.1, 0.15) is 11.3 Å². The van der Waals surface area contributed by atoms with Crippen molar-refractivity contribution in [3.63, 3.8) is 0 Å². The van der Waals surface area contributed by atoms with E-state index in [-0.39, 0.29) is 0 Å². The maximum absolute atomic E-state index is 5.72. The van der Waals surface area contributed by atoms with Gasteiger partial charge in [-0.25, -0.2) is 4.98 Å². The highest BCUT2D eigenvalue weighted by Crippen LogP contribution is 2.16. The van der Waals surface area contributed by atoms with Crippen molar-refractivity contribution in [2.24, 2.45) is 0 Å². The molecule has 0 unspecified atom stereocenters. The van der Waals surface area contributed by atoms with Crippen molar-refractivity contribution in [1.29, 1.82) is 0 Å². The first-order valence-corrected chi connectivity index (χ1v) is 6.82. The molecule has 3 rings (SSSR count). The molecule has 2 heterocycles. The molecule has 3 aromatic rings. The fourth-order valence-corrected chi connectivity index (χ4v) is 2.19. The van der Waals surface area contributed by atoms with Crippen LogP contribution in [0, 0.1) is 6.92 Å². The first kappa shape index (κ1) is 12.2. The van der Waals surface area contributed by atoms with E-state index in [1.165, 1.54) is 5.56 Å².